The minimum Gasteiger partial charge on any atom is -0.383 e. The van der Waals surface area contributed by atoms with Gasteiger partial charge in [0.05, 0.1) is 37.0 Å². The predicted molar refractivity (Wildman–Crippen MR) is 97.6 cm³/mol. The third kappa shape index (κ3) is 3.97. The maximum atomic E-state index is 6.26. The fourth-order valence-electron chi connectivity index (χ4n) is 2.62. The SMILES string of the molecule is CCc1nc(N)nc(N)c1-c1ccc(Cl)c(N=NN2CCOCC2)c1. The molecule has 0 bridgehead atoms. The Morgan fingerprint density at radius 1 is 1.24 bits per heavy atom. The highest BCUT2D eigenvalue weighted by molar-refractivity contribution is 6.33. The molecule has 0 spiro atoms. The summed E-state index contributed by atoms with van der Waals surface area (Å²) in [5.74, 6) is 0.502. The second kappa shape index (κ2) is 7.62. The van der Waals surface area contributed by atoms with Crippen LogP contribution in [0.3, 0.4) is 0 Å². The van der Waals surface area contributed by atoms with Crippen LogP contribution in [0.2, 0.25) is 5.02 Å². The average molecular weight is 362 g/mol. The zero-order valence-electron chi connectivity index (χ0n) is 13.9. The van der Waals surface area contributed by atoms with E-state index in [1.165, 1.54) is 0 Å². The minimum absolute atomic E-state index is 0.166. The number of aromatic nitrogens is 2. The normalized spacial score (nSPS) is 15.0. The van der Waals surface area contributed by atoms with E-state index in [4.69, 9.17) is 27.8 Å². The molecule has 1 saturated heterocycles. The number of nitrogen functional groups attached to an aromatic ring is 2. The lowest BCUT2D eigenvalue weighted by molar-refractivity contribution is 0.0354. The molecule has 9 heteroatoms. The van der Waals surface area contributed by atoms with Gasteiger partial charge >= 0.3 is 0 Å². The molecule has 1 aliphatic rings. The highest BCUT2D eigenvalue weighted by atomic mass is 35.5. The van der Waals surface area contributed by atoms with Crippen LogP contribution in [0.5, 0.6) is 0 Å². The van der Waals surface area contributed by atoms with Crippen LogP contribution in [0.15, 0.2) is 28.5 Å². The van der Waals surface area contributed by atoms with E-state index in [1.54, 1.807) is 6.07 Å². The molecule has 2 heterocycles. The highest BCUT2D eigenvalue weighted by Crippen LogP contribution is 2.35. The molecule has 0 atom stereocenters. The van der Waals surface area contributed by atoms with Crippen molar-refractivity contribution in [2.24, 2.45) is 10.3 Å². The van der Waals surface area contributed by atoms with Crippen molar-refractivity contribution in [2.75, 3.05) is 37.8 Å². The van der Waals surface area contributed by atoms with Gasteiger partial charge in [-0.1, -0.05) is 29.8 Å². The van der Waals surface area contributed by atoms with E-state index >= 15 is 0 Å². The number of morpholine rings is 1. The van der Waals surface area contributed by atoms with Crippen molar-refractivity contribution < 1.29 is 4.74 Å². The maximum absolute atomic E-state index is 6.26. The molecule has 25 heavy (non-hydrogen) atoms. The van der Waals surface area contributed by atoms with Crippen molar-refractivity contribution in [2.45, 2.75) is 13.3 Å². The van der Waals surface area contributed by atoms with Gasteiger partial charge in [-0.15, -0.1) is 5.11 Å². The van der Waals surface area contributed by atoms with Crippen LogP contribution >= 0.6 is 11.6 Å². The largest absolute Gasteiger partial charge is 0.383 e. The molecule has 0 aliphatic carbocycles. The summed E-state index contributed by atoms with van der Waals surface area (Å²) in [5, 5.41) is 10.9. The van der Waals surface area contributed by atoms with E-state index in [1.807, 2.05) is 24.1 Å². The lowest BCUT2D eigenvalue weighted by Gasteiger charge is -2.22. The zero-order chi connectivity index (χ0) is 17.8. The predicted octanol–water partition coefficient (Wildman–Crippen LogP) is 2.85. The van der Waals surface area contributed by atoms with E-state index in [0.717, 1.165) is 16.8 Å². The van der Waals surface area contributed by atoms with E-state index in [0.29, 0.717) is 49.3 Å². The molecule has 0 saturated carbocycles. The molecule has 0 unspecified atom stereocenters. The Balaban J connectivity index is 1.95. The van der Waals surface area contributed by atoms with E-state index in [-0.39, 0.29) is 5.95 Å². The van der Waals surface area contributed by atoms with Gasteiger partial charge in [0.2, 0.25) is 5.95 Å². The molecule has 4 N–H and O–H groups in total. The summed E-state index contributed by atoms with van der Waals surface area (Å²) < 4.78 is 5.29. The van der Waals surface area contributed by atoms with Gasteiger partial charge in [0.1, 0.15) is 11.5 Å². The van der Waals surface area contributed by atoms with Crippen LogP contribution in [0, 0.1) is 0 Å². The Bertz CT molecular complexity index is 790. The van der Waals surface area contributed by atoms with Gasteiger partial charge in [0, 0.05) is 5.56 Å². The van der Waals surface area contributed by atoms with Gasteiger partial charge < -0.3 is 16.2 Å². The molecular formula is C16H20ClN7O. The standard InChI is InChI=1S/C16H20ClN7O/c1-2-12-14(15(18)21-16(19)20-12)10-3-4-11(17)13(9-10)22-23-24-5-7-25-8-6-24/h3-4,9H,2,5-8H2,1H3,(H4,18,19,20,21). The van der Waals surface area contributed by atoms with Gasteiger partial charge in [-0.05, 0) is 24.1 Å². The molecule has 1 fully saturated rings. The van der Waals surface area contributed by atoms with Crippen LogP contribution in [-0.4, -0.2) is 41.3 Å². The molecule has 1 aromatic carbocycles. The molecule has 8 nitrogen and oxygen atoms in total. The molecule has 1 aliphatic heterocycles. The number of halogens is 1. The third-order valence-corrected chi connectivity index (χ3v) is 4.18. The molecule has 3 rings (SSSR count). The number of aryl methyl sites for hydroxylation is 1. The Kier molecular flexibility index (Phi) is 5.30. The Hall–Kier alpha value is -2.45. The summed E-state index contributed by atoms with van der Waals surface area (Å²) in [6.45, 7) is 4.69. The molecule has 2 aromatic rings. The van der Waals surface area contributed by atoms with Crippen LogP contribution in [-0.2, 0) is 11.2 Å². The quantitative estimate of drug-likeness (QED) is 0.809. The number of hydrogen-bond acceptors (Lipinski definition) is 7. The monoisotopic (exact) mass is 361 g/mol. The van der Waals surface area contributed by atoms with Gasteiger partial charge in [0.15, 0.2) is 0 Å². The second-order valence-electron chi connectivity index (χ2n) is 5.56. The number of ether oxygens (including phenoxy) is 1. The van der Waals surface area contributed by atoms with Gasteiger partial charge in [-0.2, -0.15) is 4.98 Å². The first-order chi connectivity index (χ1) is 12.1. The Morgan fingerprint density at radius 2 is 2.00 bits per heavy atom. The summed E-state index contributed by atoms with van der Waals surface area (Å²) in [5.41, 5.74) is 14.7. The summed E-state index contributed by atoms with van der Waals surface area (Å²) in [7, 11) is 0. The minimum atomic E-state index is 0.166. The number of hydrogen-bond donors (Lipinski definition) is 2. The van der Waals surface area contributed by atoms with Crippen LogP contribution in [0.1, 0.15) is 12.6 Å². The van der Waals surface area contributed by atoms with Gasteiger partial charge in [-0.25, -0.2) is 4.98 Å². The van der Waals surface area contributed by atoms with Crippen molar-refractivity contribution in [3.8, 4) is 11.1 Å². The summed E-state index contributed by atoms with van der Waals surface area (Å²) >= 11 is 6.26. The smallest absolute Gasteiger partial charge is 0.222 e. The first-order valence-corrected chi connectivity index (χ1v) is 8.42. The molecular weight excluding hydrogens is 342 g/mol. The number of nitrogens with zero attached hydrogens (tertiary/aromatic N) is 5. The first-order valence-electron chi connectivity index (χ1n) is 8.04. The van der Waals surface area contributed by atoms with Crippen molar-refractivity contribution in [1.29, 1.82) is 0 Å². The van der Waals surface area contributed by atoms with Gasteiger partial charge in [0.25, 0.3) is 0 Å². The van der Waals surface area contributed by atoms with E-state index in [9.17, 15) is 0 Å². The second-order valence-corrected chi connectivity index (χ2v) is 5.97. The molecule has 1 aromatic heterocycles. The summed E-state index contributed by atoms with van der Waals surface area (Å²) in [6, 6.07) is 5.46. The van der Waals surface area contributed by atoms with Gasteiger partial charge in [-0.3, -0.25) is 5.01 Å². The molecule has 132 valence electrons. The fourth-order valence-corrected chi connectivity index (χ4v) is 2.77. The lowest BCUT2D eigenvalue weighted by Crippen LogP contribution is -2.31. The van der Waals surface area contributed by atoms with Crippen LogP contribution in [0.4, 0.5) is 17.5 Å². The topological polar surface area (TPSA) is 115 Å². The first kappa shape index (κ1) is 17.4. The Morgan fingerprint density at radius 3 is 2.72 bits per heavy atom. The zero-order valence-corrected chi connectivity index (χ0v) is 14.7. The molecule has 0 amide bonds. The summed E-state index contributed by atoms with van der Waals surface area (Å²) in [4.78, 5) is 8.34. The Labute approximate surface area is 150 Å². The van der Waals surface area contributed by atoms with Crippen LogP contribution in [0.25, 0.3) is 11.1 Å². The molecule has 0 radical (unpaired) electrons. The summed E-state index contributed by atoms with van der Waals surface area (Å²) in [6.07, 6.45) is 0.680. The average Bonchev–Trinajstić information content (AvgIpc) is 2.61. The third-order valence-electron chi connectivity index (χ3n) is 3.87. The number of anilines is 2. The van der Waals surface area contributed by atoms with E-state index < -0.39 is 0 Å². The van der Waals surface area contributed by atoms with Crippen molar-refractivity contribution in [3.05, 3.63) is 28.9 Å². The van der Waals surface area contributed by atoms with Crippen molar-refractivity contribution in [3.63, 3.8) is 0 Å². The number of rotatable bonds is 4. The van der Waals surface area contributed by atoms with Crippen LogP contribution < -0.4 is 11.5 Å². The maximum Gasteiger partial charge on any atom is 0.222 e. The lowest BCUT2D eigenvalue weighted by atomic mass is 10.0. The van der Waals surface area contributed by atoms with Crippen molar-refractivity contribution >= 4 is 29.1 Å². The highest BCUT2D eigenvalue weighted by Gasteiger charge is 2.14. The van der Waals surface area contributed by atoms with E-state index in [2.05, 4.69) is 20.3 Å². The van der Waals surface area contributed by atoms with Crippen molar-refractivity contribution in [1.82, 2.24) is 15.0 Å². The fraction of sp³-hybridized carbons (Fsp3) is 0.375. The number of benzene rings is 1. The number of nitrogens with two attached hydrogens (primary N) is 2.